The molecule has 0 radical (unpaired) electrons. The number of hydrogen-bond acceptors (Lipinski definition) is 4. The lowest BCUT2D eigenvalue weighted by molar-refractivity contribution is 0.266. The minimum Gasteiger partial charge on any atom is -0.394 e. The zero-order valence-corrected chi connectivity index (χ0v) is 14.1. The first-order valence-corrected chi connectivity index (χ1v) is 7.78. The highest BCUT2D eigenvalue weighted by Gasteiger charge is 2.18. The van der Waals surface area contributed by atoms with Crippen LogP contribution in [0.3, 0.4) is 0 Å². The second-order valence-electron chi connectivity index (χ2n) is 5.66. The number of halogens is 1. The van der Waals surface area contributed by atoms with E-state index in [-0.39, 0.29) is 18.7 Å². The van der Waals surface area contributed by atoms with E-state index in [1.165, 1.54) is 4.68 Å². The van der Waals surface area contributed by atoms with Gasteiger partial charge in [-0.25, -0.2) is 4.68 Å². The lowest BCUT2D eigenvalue weighted by atomic mass is 9.85. The van der Waals surface area contributed by atoms with Gasteiger partial charge in [-0.15, -0.1) is 0 Å². The van der Waals surface area contributed by atoms with Crippen LogP contribution in [0, 0.1) is 17.8 Å². The summed E-state index contributed by atoms with van der Waals surface area (Å²) in [5, 5.41) is 16.2. The van der Waals surface area contributed by atoms with Gasteiger partial charge in [0, 0.05) is 6.54 Å². The molecule has 0 unspecified atom stereocenters. The SMILES string of the molecule is CC(C)C(CNc1cnn(CCO)c(=O)c1Br)C(C)C. The van der Waals surface area contributed by atoms with Crippen LogP contribution in [0.15, 0.2) is 15.5 Å². The van der Waals surface area contributed by atoms with E-state index in [0.29, 0.717) is 27.9 Å². The van der Waals surface area contributed by atoms with Gasteiger partial charge in [-0.3, -0.25) is 4.79 Å². The number of hydrogen-bond donors (Lipinski definition) is 2. The van der Waals surface area contributed by atoms with Crippen LogP contribution in [0.4, 0.5) is 5.69 Å². The van der Waals surface area contributed by atoms with E-state index in [1.807, 2.05) is 0 Å². The summed E-state index contributed by atoms with van der Waals surface area (Å²) in [6.07, 6.45) is 1.62. The smallest absolute Gasteiger partial charge is 0.283 e. The van der Waals surface area contributed by atoms with Gasteiger partial charge in [0.2, 0.25) is 0 Å². The molecule has 0 atom stereocenters. The Labute approximate surface area is 128 Å². The molecule has 6 heteroatoms. The van der Waals surface area contributed by atoms with Gasteiger partial charge in [0.25, 0.3) is 5.56 Å². The Hall–Kier alpha value is -0.880. The molecule has 5 nitrogen and oxygen atoms in total. The molecule has 1 rings (SSSR count). The fourth-order valence-corrected chi connectivity index (χ4v) is 2.76. The highest BCUT2D eigenvalue weighted by Crippen LogP contribution is 2.23. The van der Waals surface area contributed by atoms with Gasteiger partial charge in [-0.05, 0) is 33.7 Å². The fourth-order valence-electron chi connectivity index (χ4n) is 2.31. The first kappa shape index (κ1) is 17.2. The molecular weight excluding hydrogens is 322 g/mol. The fraction of sp³-hybridized carbons (Fsp3) is 0.714. The van der Waals surface area contributed by atoms with Crippen molar-refractivity contribution in [2.75, 3.05) is 18.5 Å². The highest BCUT2D eigenvalue weighted by molar-refractivity contribution is 9.10. The third-order valence-electron chi connectivity index (χ3n) is 3.54. The summed E-state index contributed by atoms with van der Waals surface area (Å²) in [4.78, 5) is 12.0. The predicted molar refractivity (Wildman–Crippen MR) is 84.9 cm³/mol. The van der Waals surface area contributed by atoms with Crippen LogP contribution in [0.2, 0.25) is 0 Å². The lowest BCUT2D eigenvalue weighted by Gasteiger charge is -2.25. The third-order valence-corrected chi connectivity index (χ3v) is 4.30. The van der Waals surface area contributed by atoms with Crippen LogP contribution in [0.25, 0.3) is 0 Å². The summed E-state index contributed by atoms with van der Waals surface area (Å²) < 4.78 is 1.71. The summed E-state index contributed by atoms with van der Waals surface area (Å²) in [6, 6.07) is 0. The summed E-state index contributed by atoms with van der Waals surface area (Å²) in [5.41, 5.74) is 0.477. The van der Waals surface area contributed by atoms with E-state index in [1.54, 1.807) is 6.20 Å². The summed E-state index contributed by atoms with van der Waals surface area (Å²) >= 11 is 3.31. The van der Waals surface area contributed by atoms with E-state index in [4.69, 9.17) is 5.11 Å². The maximum atomic E-state index is 12.0. The maximum absolute atomic E-state index is 12.0. The summed E-state index contributed by atoms with van der Waals surface area (Å²) in [7, 11) is 0. The molecule has 0 bridgehead atoms. The molecule has 0 aliphatic carbocycles. The van der Waals surface area contributed by atoms with Crippen molar-refractivity contribution >= 4 is 21.6 Å². The van der Waals surface area contributed by atoms with Crippen molar-refractivity contribution in [1.82, 2.24) is 9.78 Å². The number of aromatic nitrogens is 2. The van der Waals surface area contributed by atoms with Crippen LogP contribution in [-0.4, -0.2) is 28.0 Å². The first-order chi connectivity index (χ1) is 9.38. The standard InChI is InChI=1S/C14H24BrN3O2/c1-9(2)11(10(3)4)7-16-12-8-17-18(5-6-19)14(20)13(12)15/h8-11,16,19H,5-7H2,1-4H3. The molecule has 0 saturated carbocycles. The topological polar surface area (TPSA) is 67.2 Å². The van der Waals surface area contributed by atoms with Crippen molar-refractivity contribution in [3.05, 3.63) is 21.0 Å². The van der Waals surface area contributed by atoms with E-state index >= 15 is 0 Å². The Morgan fingerprint density at radius 2 is 1.95 bits per heavy atom. The van der Waals surface area contributed by atoms with E-state index in [9.17, 15) is 4.79 Å². The minimum atomic E-state index is -0.227. The van der Waals surface area contributed by atoms with Crippen molar-refractivity contribution in [1.29, 1.82) is 0 Å². The number of nitrogens with one attached hydrogen (secondary N) is 1. The van der Waals surface area contributed by atoms with Gasteiger partial charge in [-0.2, -0.15) is 5.10 Å². The zero-order valence-electron chi connectivity index (χ0n) is 12.6. The molecule has 1 aromatic heterocycles. The molecule has 0 saturated heterocycles. The Kier molecular flexibility index (Phi) is 6.68. The van der Waals surface area contributed by atoms with Crippen molar-refractivity contribution in [2.24, 2.45) is 17.8 Å². The Bertz CT molecular complexity index is 478. The van der Waals surface area contributed by atoms with Gasteiger partial charge in [0.05, 0.1) is 25.0 Å². The van der Waals surface area contributed by atoms with Crippen LogP contribution in [-0.2, 0) is 6.54 Å². The van der Waals surface area contributed by atoms with Crippen LogP contribution >= 0.6 is 15.9 Å². The summed E-state index contributed by atoms with van der Waals surface area (Å²) in [6.45, 7) is 9.74. The second kappa shape index (κ2) is 7.78. The molecule has 0 aliphatic heterocycles. The normalized spacial score (nSPS) is 11.7. The molecular formula is C14H24BrN3O2. The van der Waals surface area contributed by atoms with Crippen molar-refractivity contribution in [3.63, 3.8) is 0 Å². The van der Waals surface area contributed by atoms with Gasteiger partial charge < -0.3 is 10.4 Å². The molecule has 1 aromatic rings. The number of rotatable bonds is 7. The molecule has 1 heterocycles. The first-order valence-electron chi connectivity index (χ1n) is 6.98. The van der Waals surface area contributed by atoms with Gasteiger partial charge >= 0.3 is 0 Å². The van der Waals surface area contributed by atoms with E-state index in [2.05, 4.69) is 54.0 Å². The average molecular weight is 346 g/mol. The molecule has 0 aliphatic rings. The number of aliphatic hydroxyl groups excluding tert-OH is 1. The maximum Gasteiger partial charge on any atom is 0.283 e. The number of aliphatic hydroxyl groups is 1. The third kappa shape index (κ3) is 4.31. The van der Waals surface area contributed by atoms with Crippen molar-refractivity contribution in [3.8, 4) is 0 Å². The van der Waals surface area contributed by atoms with Crippen molar-refractivity contribution in [2.45, 2.75) is 34.2 Å². The Balaban J connectivity index is 2.84. The van der Waals surface area contributed by atoms with Gasteiger partial charge in [0.15, 0.2) is 0 Å². The van der Waals surface area contributed by atoms with Crippen LogP contribution < -0.4 is 10.9 Å². The molecule has 0 amide bonds. The number of anilines is 1. The molecule has 0 aromatic carbocycles. The average Bonchev–Trinajstić information content (AvgIpc) is 2.37. The lowest BCUT2D eigenvalue weighted by Crippen LogP contribution is -2.28. The second-order valence-corrected chi connectivity index (χ2v) is 6.45. The predicted octanol–water partition coefficient (Wildman–Crippen LogP) is 2.34. The van der Waals surface area contributed by atoms with Crippen LogP contribution in [0.1, 0.15) is 27.7 Å². The van der Waals surface area contributed by atoms with E-state index in [0.717, 1.165) is 6.54 Å². The number of nitrogens with zero attached hydrogens (tertiary/aromatic N) is 2. The molecule has 114 valence electrons. The Morgan fingerprint density at radius 1 is 1.35 bits per heavy atom. The zero-order chi connectivity index (χ0) is 15.3. The molecule has 20 heavy (non-hydrogen) atoms. The van der Waals surface area contributed by atoms with Crippen molar-refractivity contribution < 1.29 is 5.11 Å². The highest BCUT2D eigenvalue weighted by atomic mass is 79.9. The molecule has 2 N–H and O–H groups in total. The summed E-state index contributed by atoms with van der Waals surface area (Å²) in [5.74, 6) is 1.68. The quantitative estimate of drug-likeness (QED) is 0.795. The largest absolute Gasteiger partial charge is 0.394 e. The molecule has 0 spiro atoms. The van der Waals surface area contributed by atoms with E-state index < -0.39 is 0 Å². The monoisotopic (exact) mass is 345 g/mol. The van der Waals surface area contributed by atoms with Gasteiger partial charge in [-0.1, -0.05) is 27.7 Å². The minimum absolute atomic E-state index is 0.102. The van der Waals surface area contributed by atoms with Gasteiger partial charge in [0.1, 0.15) is 4.47 Å². The Morgan fingerprint density at radius 3 is 2.45 bits per heavy atom. The molecule has 0 fully saturated rings. The van der Waals surface area contributed by atoms with Crippen LogP contribution in [0.5, 0.6) is 0 Å².